The molecule has 17 heavy (non-hydrogen) atoms. The maximum atomic E-state index is 5.98. The van der Waals surface area contributed by atoms with Crippen molar-refractivity contribution in [3.8, 4) is 0 Å². The summed E-state index contributed by atoms with van der Waals surface area (Å²) in [5, 5.41) is 0.805. The zero-order valence-corrected chi connectivity index (χ0v) is 11.1. The summed E-state index contributed by atoms with van der Waals surface area (Å²) in [5.74, 6) is 0.768. The predicted octanol–water partition coefficient (Wildman–Crippen LogP) is 2.34. The molecule has 4 nitrogen and oxygen atoms in total. The molecule has 0 bridgehead atoms. The van der Waals surface area contributed by atoms with Gasteiger partial charge in [-0.1, -0.05) is 29.3 Å². The van der Waals surface area contributed by atoms with Gasteiger partial charge in [0.2, 0.25) is 0 Å². The van der Waals surface area contributed by atoms with Crippen LogP contribution in [0.3, 0.4) is 0 Å². The Labute approximate surface area is 111 Å². The molecule has 1 aromatic carbocycles. The van der Waals surface area contributed by atoms with Crippen molar-refractivity contribution in [2.45, 2.75) is 0 Å². The van der Waals surface area contributed by atoms with Gasteiger partial charge in [-0.15, -0.1) is 0 Å². The fourth-order valence-corrected chi connectivity index (χ4v) is 1.37. The van der Waals surface area contributed by atoms with E-state index in [0.29, 0.717) is 21.6 Å². The predicted molar refractivity (Wildman–Crippen MR) is 73.7 cm³/mol. The molecular weight excluding hydrogens is 259 g/mol. The lowest BCUT2D eigenvalue weighted by Crippen LogP contribution is -2.21. The third kappa shape index (κ3) is 3.84. The van der Waals surface area contributed by atoms with Crippen molar-refractivity contribution in [2.24, 2.45) is 16.5 Å². The second-order valence-corrected chi connectivity index (χ2v) is 4.36. The number of aliphatic imine (C=N–C) groups is 1. The molecule has 0 atom stereocenters. The molecular formula is C11H14Cl2N4. The molecule has 0 fully saturated rings. The van der Waals surface area contributed by atoms with Crippen molar-refractivity contribution in [2.75, 3.05) is 14.1 Å². The lowest BCUT2D eigenvalue weighted by molar-refractivity contribution is 0.506. The average Bonchev–Trinajstić information content (AvgIpc) is 2.24. The van der Waals surface area contributed by atoms with E-state index in [2.05, 4.69) is 4.99 Å². The van der Waals surface area contributed by atoms with E-state index in [0.717, 1.165) is 0 Å². The zero-order chi connectivity index (χ0) is 13.0. The summed E-state index contributed by atoms with van der Waals surface area (Å²) < 4.78 is 0. The summed E-state index contributed by atoms with van der Waals surface area (Å²) in [4.78, 5) is 5.86. The molecule has 0 amide bonds. The summed E-state index contributed by atoms with van der Waals surface area (Å²) in [5.41, 5.74) is 11.9. The second kappa shape index (κ2) is 5.80. The summed E-state index contributed by atoms with van der Waals surface area (Å²) in [6, 6.07) is 5.16. The van der Waals surface area contributed by atoms with Crippen LogP contribution in [-0.4, -0.2) is 24.8 Å². The maximum absolute atomic E-state index is 5.98. The molecule has 0 saturated carbocycles. The van der Waals surface area contributed by atoms with E-state index < -0.39 is 0 Å². The molecule has 0 aliphatic carbocycles. The number of hydrogen-bond donors (Lipinski definition) is 2. The molecule has 0 aromatic heterocycles. The zero-order valence-electron chi connectivity index (χ0n) is 9.61. The van der Waals surface area contributed by atoms with Crippen LogP contribution >= 0.6 is 23.2 Å². The van der Waals surface area contributed by atoms with Gasteiger partial charge in [-0.05, 0) is 12.1 Å². The number of rotatable bonds is 3. The summed E-state index contributed by atoms with van der Waals surface area (Å²) >= 11 is 11.8. The normalized spacial score (nSPS) is 12.7. The molecule has 4 N–H and O–H groups in total. The number of halogens is 2. The van der Waals surface area contributed by atoms with E-state index in [9.17, 15) is 0 Å². The Morgan fingerprint density at radius 3 is 2.53 bits per heavy atom. The first-order valence-electron chi connectivity index (χ1n) is 4.84. The molecule has 1 aromatic rings. The van der Waals surface area contributed by atoms with Gasteiger partial charge in [0.1, 0.15) is 11.7 Å². The Morgan fingerprint density at radius 2 is 1.94 bits per heavy atom. The maximum Gasteiger partial charge on any atom is 0.127 e. The van der Waals surface area contributed by atoms with Gasteiger partial charge in [-0.3, -0.25) is 0 Å². The smallest absolute Gasteiger partial charge is 0.127 e. The van der Waals surface area contributed by atoms with Crippen molar-refractivity contribution in [1.29, 1.82) is 0 Å². The molecule has 0 unspecified atom stereocenters. The van der Waals surface area contributed by atoms with Crippen LogP contribution in [0.15, 0.2) is 35.1 Å². The minimum absolute atomic E-state index is 0.264. The van der Waals surface area contributed by atoms with Gasteiger partial charge in [0.25, 0.3) is 0 Å². The Morgan fingerprint density at radius 1 is 1.29 bits per heavy atom. The molecule has 0 saturated heterocycles. The van der Waals surface area contributed by atoms with Crippen LogP contribution in [0.4, 0.5) is 5.69 Å². The number of benzene rings is 1. The number of nitrogens with two attached hydrogens (primary N) is 2. The van der Waals surface area contributed by atoms with Crippen LogP contribution in [0.25, 0.3) is 0 Å². The van der Waals surface area contributed by atoms with Crippen molar-refractivity contribution in [3.63, 3.8) is 0 Å². The van der Waals surface area contributed by atoms with Gasteiger partial charge >= 0.3 is 0 Å². The van der Waals surface area contributed by atoms with Gasteiger partial charge in [0.15, 0.2) is 0 Å². The van der Waals surface area contributed by atoms with E-state index in [1.54, 1.807) is 29.2 Å². The van der Waals surface area contributed by atoms with Gasteiger partial charge in [0, 0.05) is 20.2 Å². The molecule has 0 radical (unpaired) electrons. The van der Waals surface area contributed by atoms with E-state index in [-0.39, 0.29) is 5.84 Å². The monoisotopic (exact) mass is 272 g/mol. The summed E-state index contributed by atoms with van der Waals surface area (Å²) in [6.45, 7) is 0. The highest BCUT2D eigenvalue weighted by Gasteiger charge is 2.03. The Hall–Kier alpha value is -1.39. The number of nitrogens with zero attached hydrogens (tertiary/aromatic N) is 2. The molecule has 0 aliphatic rings. The van der Waals surface area contributed by atoms with Crippen LogP contribution in [0, 0.1) is 0 Å². The van der Waals surface area contributed by atoms with Crippen molar-refractivity contribution in [3.05, 3.63) is 40.1 Å². The summed E-state index contributed by atoms with van der Waals surface area (Å²) in [7, 11) is 3.62. The highest BCUT2D eigenvalue weighted by atomic mass is 35.5. The highest BCUT2D eigenvalue weighted by Crippen LogP contribution is 2.31. The Bertz CT molecular complexity index is 467. The Balaban J connectivity index is 3.03. The van der Waals surface area contributed by atoms with E-state index in [1.165, 1.54) is 0 Å². The molecule has 0 spiro atoms. The first-order chi connectivity index (χ1) is 7.91. The van der Waals surface area contributed by atoms with Gasteiger partial charge < -0.3 is 16.4 Å². The lowest BCUT2D eigenvalue weighted by Gasteiger charge is -2.11. The first kappa shape index (κ1) is 13.7. The van der Waals surface area contributed by atoms with E-state index in [1.807, 2.05) is 14.1 Å². The van der Waals surface area contributed by atoms with Crippen LogP contribution < -0.4 is 11.5 Å². The van der Waals surface area contributed by atoms with Crippen molar-refractivity contribution >= 4 is 34.7 Å². The van der Waals surface area contributed by atoms with Crippen LogP contribution in [0.2, 0.25) is 10.0 Å². The Kier molecular flexibility index (Phi) is 4.66. The summed E-state index contributed by atoms with van der Waals surface area (Å²) in [6.07, 6.45) is 1.55. The fourth-order valence-electron chi connectivity index (χ4n) is 1.03. The third-order valence-corrected chi connectivity index (χ3v) is 2.80. The van der Waals surface area contributed by atoms with E-state index >= 15 is 0 Å². The largest absolute Gasteiger partial charge is 0.385 e. The minimum Gasteiger partial charge on any atom is -0.385 e. The third-order valence-electron chi connectivity index (χ3n) is 1.99. The second-order valence-electron chi connectivity index (χ2n) is 3.57. The molecule has 0 heterocycles. The SMILES string of the molecule is CN(C)C(N)=CC(N)=Nc1cccc(Cl)c1Cl. The first-order valence-corrected chi connectivity index (χ1v) is 5.60. The van der Waals surface area contributed by atoms with Crippen LogP contribution in [0.5, 0.6) is 0 Å². The average molecular weight is 273 g/mol. The van der Waals surface area contributed by atoms with Gasteiger partial charge in [-0.2, -0.15) is 0 Å². The van der Waals surface area contributed by atoms with Crippen LogP contribution in [0.1, 0.15) is 0 Å². The highest BCUT2D eigenvalue weighted by molar-refractivity contribution is 6.43. The van der Waals surface area contributed by atoms with Crippen LogP contribution in [-0.2, 0) is 0 Å². The number of amidine groups is 1. The minimum atomic E-state index is 0.264. The molecule has 1 rings (SSSR count). The fraction of sp³-hybridized carbons (Fsp3) is 0.182. The molecule has 6 heteroatoms. The van der Waals surface area contributed by atoms with E-state index in [4.69, 9.17) is 34.7 Å². The van der Waals surface area contributed by atoms with Crippen molar-refractivity contribution < 1.29 is 0 Å². The molecule has 0 aliphatic heterocycles. The standard InChI is InChI=1S/C11H14Cl2N4/c1-17(2)10(15)6-9(14)16-8-5-3-4-7(12)11(8)13/h3-6H,15H2,1-2H3,(H2,14,16). The van der Waals surface area contributed by atoms with Crippen molar-refractivity contribution in [1.82, 2.24) is 4.90 Å². The number of hydrogen-bond acceptors (Lipinski definition) is 3. The lowest BCUT2D eigenvalue weighted by atomic mass is 10.3. The van der Waals surface area contributed by atoms with Gasteiger partial charge in [0.05, 0.1) is 15.7 Å². The quantitative estimate of drug-likeness (QED) is 0.656. The molecule has 92 valence electrons. The topological polar surface area (TPSA) is 67.6 Å². The van der Waals surface area contributed by atoms with Gasteiger partial charge in [-0.25, -0.2) is 4.99 Å².